The number of esters is 1. The molecule has 1 amide bonds. The molecule has 3 rings (SSSR count). The Hall–Kier alpha value is -3.18. The first kappa shape index (κ1) is 19.6. The smallest absolute Gasteiger partial charge is 0.343 e. The van der Waals surface area contributed by atoms with Crippen molar-refractivity contribution in [1.82, 2.24) is 5.32 Å². The van der Waals surface area contributed by atoms with Crippen molar-refractivity contribution < 1.29 is 18.7 Å². The maximum absolute atomic E-state index is 13.8. The third-order valence-electron chi connectivity index (χ3n) is 4.07. The van der Waals surface area contributed by atoms with Crippen LogP contribution >= 0.6 is 11.6 Å². The van der Waals surface area contributed by atoms with Crippen LogP contribution in [0.25, 0.3) is 0 Å². The van der Waals surface area contributed by atoms with E-state index in [1.54, 1.807) is 0 Å². The van der Waals surface area contributed by atoms with E-state index in [1.165, 1.54) is 12.1 Å². The summed E-state index contributed by atoms with van der Waals surface area (Å²) in [4.78, 5) is 24.5. The van der Waals surface area contributed by atoms with Gasteiger partial charge >= 0.3 is 5.97 Å². The van der Waals surface area contributed by atoms with Crippen molar-refractivity contribution in [2.24, 2.45) is 0 Å². The lowest BCUT2D eigenvalue weighted by Gasteiger charge is -2.20. The van der Waals surface area contributed by atoms with Crippen LogP contribution in [0.5, 0.6) is 0 Å². The second kappa shape index (κ2) is 9.15. The van der Waals surface area contributed by atoms with Crippen molar-refractivity contribution in [3.63, 3.8) is 0 Å². The minimum atomic E-state index is -0.991. The number of rotatable bonds is 6. The molecule has 0 aliphatic rings. The summed E-state index contributed by atoms with van der Waals surface area (Å²) < 4.78 is 18.7. The Bertz CT molecular complexity index is 904. The molecule has 142 valence electrons. The first-order valence-corrected chi connectivity index (χ1v) is 8.94. The van der Waals surface area contributed by atoms with Gasteiger partial charge in [-0.2, -0.15) is 0 Å². The molecule has 0 fully saturated rings. The van der Waals surface area contributed by atoms with Crippen LogP contribution in [-0.2, 0) is 9.53 Å². The maximum Gasteiger partial charge on any atom is 0.343 e. The van der Waals surface area contributed by atoms with Crippen LogP contribution in [0.1, 0.15) is 27.5 Å². The molecule has 3 aromatic rings. The van der Waals surface area contributed by atoms with Gasteiger partial charge in [0.15, 0.2) is 6.61 Å². The SMILES string of the molecule is O=C(COC(=O)c1c(F)cccc1Cl)NC(c1ccccc1)c1ccccc1. The molecule has 0 aliphatic heterocycles. The van der Waals surface area contributed by atoms with E-state index in [-0.39, 0.29) is 10.6 Å². The molecule has 0 aliphatic carbocycles. The van der Waals surface area contributed by atoms with Gasteiger partial charge in [0, 0.05) is 0 Å². The highest BCUT2D eigenvalue weighted by Gasteiger charge is 2.20. The van der Waals surface area contributed by atoms with E-state index in [0.29, 0.717) is 0 Å². The molecule has 0 saturated heterocycles. The number of carbonyl (C=O) groups is 2. The molecule has 0 bridgehead atoms. The van der Waals surface area contributed by atoms with E-state index in [9.17, 15) is 14.0 Å². The molecule has 0 spiro atoms. The summed E-state index contributed by atoms with van der Waals surface area (Å²) in [7, 11) is 0. The normalized spacial score (nSPS) is 10.5. The third-order valence-corrected chi connectivity index (χ3v) is 4.39. The number of benzene rings is 3. The number of carbonyl (C=O) groups excluding carboxylic acids is 2. The van der Waals surface area contributed by atoms with Crippen LogP contribution in [0.15, 0.2) is 78.9 Å². The van der Waals surface area contributed by atoms with Gasteiger partial charge in [0.05, 0.1) is 11.1 Å². The lowest BCUT2D eigenvalue weighted by Crippen LogP contribution is -2.33. The number of nitrogens with one attached hydrogen (secondary N) is 1. The van der Waals surface area contributed by atoms with Crippen LogP contribution < -0.4 is 5.32 Å². The van der Waals surface area contributed by atoms with Gasteiger partial charge in [-0.05, 0) is 23.3 Å². The molecule has 3 aromatic carbocycles. The molecule has 28 heavy (non-hydrogen) atoms. The van der Waals surface area contributed by atoms with Crippen LogP contribution in [0, 0.1) is 5.82 Å². The Morgan fingerprint density at radius 3 is 2.00 bits per heavy atom. The van der Waals surface area contributed by atoms with Gasteiger partial charge in [-0.1, -0.05) is 78.3 Å². The predicted molar refractivity (Wildman–Crippen MR) is 105 cm³/mol. The number of amides is 1. The molecule has 0 heterocycles. The van der Waals surface area contributed by atoms with Crippen molar-refractivity contribution in [2.45, 2.75) is 6.04 Å². The zero-order valence-corrected chi connectivity index (χ0v) is 15.5. The number of hydrogen-bond donors (Lipinski definition) is 1. The van der Waals surface area contributed by atoms with E-state index in [0.717, 1.165) is 17.2 Å². The first-order valence-electron chi connectivity index (χ1n) is 8.56. The Morgan fingerprint density at radius 2 is 1.46 bits per heavy atom. The average molecular weight is 398 g/mol. The van der Waals surface area contributed by atoms with Gasteiger partial charge in [0.2, 0.25) is 0 Å². The van der Waals surface area contributed by atoms with E-state index in [4.69, 9.17) is 16.3 Å². The number of hydrogen-bond acceptors (Lipinski definition) is 3. The molecule has 1 N–H and O–H groups in total. The van der Waals surface area contributed by atoms with Crippen molar-refractivity contribution in [1.29, 1.82) is 0 Å². The monoisotopic (exact) mass is 397 g/mol. The minimum absolute atomic E-state index is 0.0724. The van der Waals surface area contributed by atoms with Crippen molar-refractivity contribution in [3.05, 3.63) is 106 Å². The van der Waals surface area contributed by atoms with E-state index >= 15 is 0 Å². The molecule has 0 radical (unpaired) electrons. The molecule has 0 unspecified atom stereocenters. The Kier molecular flexibility index (Phi) is 6.40. The number of ether oxygens (including phenoxy) is 1. The summed E-state index contributed by atoms with van der Waals surface area (Å²) in [6.07, 6.45) is 0. The first-order chi connectivity index (χ1) is 13.6. The fourth-order valence-corrected chi connectivity index (χ4v) is 2.99. The Balaban J connectivity index is 1.70. The van der Waals surface area contributed by atoms with Crippen LogP contribution in [0.2, 0.25) is 5.02 Å². The zero-order valence-electron chi connectivity index (χ0n) is 14.8. The maximum atomic E-state index is 13.8. The van der Waals surface area contributed by atoms with Crippen LogP contribution in [0.4, 0.5) is 4.39 Å². The summed E-state index contributed by atoms with van der Waals surface area (Å²) in [5, 5.41) is 2.77. The molecule has 0 atom stereocenters. The second-order valence-electron chi connectivity index (χ2n) is 5.99. The highest BCUT2D eigenvalue weighted by Crippen LogP contribution is 2.22. The fourth-order valence-electron chi connectivity index (χ4n) is 2.75. The zero-order chi connectivity index (χ0) is 19.9. The Labute approximate surface area is 166 Å². The van der Waals surface area contributed by atoms with Gasteiger partial charge < -0.3 is 10.1 Å². The summed E-state index contributed by atoms with van der Waals surface area (Å²) >= 11 is 5.84. The number of halogens is 2. The lowest BCUT2D eigenvalue weighted by molar-refractivity contribution is -0.124. The summed E-state index contributed by atoms with van der Waals surface area (Å²) in [5.41, 5.74) is 1.37. The van der Waals surface area contributed by atoms with E-state index in [2.05, 4.69) is 5.32 Å². The Morgan fingerprint density at radius 1 is 0.893 bits per heavy atom. The topological polar surface area (TPSA) is 55.4 Å². The molecule has 0 aromatic heterocycles. The van der Waals surface area contributed by atoms with Crippen LogP contribution in [-0.4, -0.2) is 18.5 Å². The predicted octanol–water partition coefficient (Wildman–Crippen LogP) is 4.54. The summed E-state index contributed by atoms with van der Waals surface area (Å²) in [6.45, 7) is -0.556. The van der Waals surface area contributed by atoms with Gasteiger partial charge in [-0.15, -0.1) is 0 Å². The fraction of sp³-hybridized carbons (Fsp3) is 0.0909. The summed E-state index contributed by atoms with van der Waals surface area (Å²) in [6, 6.07) is 22.3. The van der Waals surface area contributed by atoms with E-state index in [1.807, 2.05) is 60.7 Å². The molecule has 6 heteroatoms. The van der Waals surface area contributed by atoms with Gasteiger partial charge in [-0.25, -0.2) is 9.18 Å². The van der Waals surface area contributed by atoms with E-state index < -0.39 is 30.3 Å². The van der Waals surface area contributed by atoms with Gasteiger partial charge in [0.25, 0.3) is 5.91 Å². The van der Waals surface area contributed by atoms with Crippen molar-refractivity contribution in [2.75, 3.05) is 6.61 Å². The second-order valence-corrected chi connectivity index (χ2v) is 6.40. The minimum Gasteiger partial charge on any atom is -0.452 e. The average Bonchev–Trinajstić information content (AvgIpc) is 2.71. The highest BCUT2D eigenvalue weighted by atomic mass is 35.5. The standard InChI is InChI=1S/C22H17ClFNO3/c23-17-12-7-13-18(24)20(17)22(27)28-14-19(26)25-21(15-8-3-1-4-9-15)16-10-5-2-6-11-16/h1-13,21H,14H2,(H,25,26). The quantitative estimate of drug-likeness (QED) is 0.621. The van der Waals surface area contributed by atoms with Crippen molar-refractivity contribution in [3.8, 4) is 0 Å². The molecule has 0 saturated carbocycles. The summed E-state index contributed by atoms with van der Waals surface area (Å²) in [5.74, 6) is -2.31. The molecule has 4 nitrogen and oxygen atoms in total. The molecular weight excluding hydrogens is 381 g/mol. The lowest BCUT2D eigenvalue weighted by atomic mass is 9.99. The highest BCUT2D eigenvalue weighted by molar-refractivity contribution is 6.33. The van der Waals surface area contributed by atoms with Crippen molar-refractivity contribution >= 4 is 23.5 Å². The van der Waals surface area contributed by atoms with Gasteiger partial charge in [0.1, 0.15) is 11.4 Å². The van der Waals surface area contributed by atoms with Crippen LogP contribution in [0.3, 0.4) is 0 Å². The largest absolute Gasteiger partial charge is 0.452 e. The van der Waals surface area contributed by atoms with Gasteiger partial charge in [-0.3, -0.25) is 4.79 Å². The third kappa shape index (κ3) is 4.75. The molecular formula is C22H17ClFNO3.